The van der Waals surface area contributed by atoms with Crippen LogP contribution in [0.5, 0.6) is 0 Å². The van der Waals surface area contributed by atoms with Crippen molar-refractivity contribution in [3.63, 3.8) is 0 Å². The Kier molecular flexibility index (Phi) is 7.67. The predicted octanol–water partition coefficient (Wildman–Crippen LogP) is 2.20. The van der Waals surface area contributed by atoms with Crippen LogP contribution in [0.4, 0.5) is 0 Å². The summed E-state index contributed by atoms with van der Waals surface area (Å²) in [6.45, 7) is 8.92. The number of unbranched alkanes of at least 4 members (excludes halogenated alkanes) is 1. The highest BCUT2D eigenvalue weighted by Gasteiger charge is 2.00. The molecule has 0 saturated carbocycles. The fraction of sp³-hybridized carbons (Fsp3) is 0.769. The molecule has 1 aromatic rings. The molecule has 0 aromatic carbocycles. The van der Waals surface area contributed by atoms with E-state index in [9.17, 15) is 0 Å². The van der Waals surface area contributed by atoms with Crippen LogP contribution in [0.1, 0.15) is 38.8 Å². The van der Waals surface area contributed by atoms with Gasteiger partial charge in [-0.05, 0) is 19.4 Å². The number of nitrogens with zero attached hydrogens (tertiary/aromatic N) is 2. The molecule has 0 unspecified atom stereocenters. The molecule has 1 N–H and O–H groups in total. The molecule has 4 heteroatoms. The Morgan fingerprint density at radius 2 is 2.12 bits per heavy atom. The van der Waals surface area contributed by atoms with Crippen molar-refractivity contribution < 1.29 is 4.74 Å². The standard InChI is InChI=1S/C13H25N3O/c1-3-5-8-17-9-6-7-16-12-15-11-13(16)10-14-4-2/h11-12,14H,3-10H2,1-2H3. The molecule has 98 valence electrons. The van der Waals surface area contributed by atoms with Gasteiger partial charge in [0.05, 0.1) is 12.0 Å². The zero-order valence-electron chi connectivity index (χ0n) is 11.1. The van der Waals surface area contributed by atoms with Gasteiger partial charge in [-0.2, -0.15) is 0 Å². The number of nitrogens with one attached hydrogen (secondary N) is 1. The number of hydrogen-bond donors (Lipinski definition) is 1. The van der Waals surface area contributed by atoms with Crippen LogP contribution >= 0.6 is 0 Å². The first-order valence-corrected chi connectivity index (χ1v) is 6.66. The van der Waals surface area contributed by atoms with Gasteiger partial charge in [-0.25, -0.2) is 4.98 Å². The van der Waals surface area contributed by atoms with Crippen molar-refractivity contribution in [2.24, 2.45) is 0 Å². The molecule has 0 aliphatic heterocycles. The topological polar surface area (TPSA) is 39.1 Å². The van der Waals surface area contributed by atoms with Gasteiger partial charge in [0, 0.05) is 32.5 Å². The maximum absolute atomic E-state index is 5.54. The maximum Gasteiger partial charge on any atom is 0.0948 e. The van der Waals surface area contributed by atoms with Crippen molar-refractivity contribution >= 4 is 0 Å². The Morgan fingerprint density at radius 3 is 2.88 bits per heavy atom. The molecule has 0 amide bonds. The number of aromatic nitrogens is 2. The number of rotatable bonds is 10. The van der Waals surface area contributed by atoms with E-state index in [1.165, 1.54) is 12.1 Å². The van der Waals surface area contributed by atoms with Gasteiger partial charge in [0.15, 0.2) is 0 Å². The normalized spacial score (nSPS) is 10.9. The summed E-state index contributed by atoms with van der Waals surface area (Å²) in [6, 6.07) is 0. The largest absolute Gasteiger partial charge is 0.381 e. The van der Waals surface area contributed by atoms with Gasteiger partial charge < -0.3 is 14.6 Å². The summed E-state index contributed by atoms with van der Waals surface area (Å²) in [7, 11) is 0. The Hall–Kier alpha value is -0.870. The van der Waals surface area contributed by atoms with Crippen molar-refractivity contribution in [1.29, 1.82) is 0 Å². The summed E-state index contributed by atoms with van der Waals surface area (Å²) in [6.07, 6.45) is 7.25. The zero-order valence-corrected chi connectivity index (χ0v) is 11.1. The van der Waals surface area contributed by atoms with Gasteiger partial charge in [0.25, 0.3) is 0 Å². The van der Waals surface area contributed by atoms with Crippen LogP contribution in [0.3, 0.4) is 0 Å². The Labute approximate surface area is 104 Å². The van der Waals surface area contributed by atoms with Gasteiger partial charge in [0.2, 0.25) is 0 Å². The van der Waals surface area contributed by atoms with E-state index in [4.69, 9.17) is 4.74 Å². The Bertz CT molecular complexity index is 286. The molecule has 0 bridgehead atoms. The molecule has 0 saturated heterocycles. The molecule has 17 heavy (non-hydrogen) atoms. The summed E-state index contributed by atoms with van der Waals surface area (Å²) in [5.41, 5.74) is 1.25. The van der Waals surface area contributed by atoms with E-state index in [-0.39, 0.29) is 0 Å². The second kappa shape index (κ2) is 9.19. The summed E-state index contributed by atoms with van der Waals surface area (Å²) in [5.74, 6) is 0. The molecule has 1 aromatic heterocycles. The molecule has 1 heterocycles. The lowest BCUT2D eigenvalue weighted by Gasteiger charge is -2.08. The van der Waals surface area contributed by atoms with E-state index in [1.54, 1.807) is 0 Å². The van der Waals surface area contributed by atoms with Crippen LogP contribution in [0, 0.1) is 0 Å². The number of imidazole rings is 1. The van der Waals surface area contributed by atoms with Crippen LogP contribution in [-0.2, 0) is 17.8 Å². The Morgan fingerprint density at radius 1 is 1.29 bits per heavy atom. The third kappa shape index (κ3) is 5.84. The van der Waals surface area contributed by atoms with Crippen molar-refractivity contribution in [1.82, 2.24) is 14.9 Å². The van der Waals surface area contributed by atoms with E-state index in [1.807, 2.05) is 12.5 Å². The molecule has 0 radical (unpaired) electrons. The lowest BCUT2D eigenvalue weighted by atomic mass is 10.3. The van der Waals surface area contributed by atoms with Crippen molar-refractivity contribution in [2.45, 2.75) is 46.2 Å². The second-order valence-electron chi connectivity index (χ2n) is 4.18. The average Bonchev–Trinajstić information content (AvgIpc) is 2.78. The third-order valence-corrected chi connectivity index (χ3v) is 2.68. The van der Waals surface area contributed by atoms with E-state index >= 15 is 0 Å². The minimum absolute atomic E-state index is 0.846. The summed E-state index contributed by atoms with van der Waals surface area (Å²) in [5, 5.41) is 3.32. The van der Waals surface area contributed by atoms with Crippen LogP contribution in [0.25, 0.3) is 0 Å². The Balaban J connectivity index is 2.15. The number of ether oxygens (including phenoxy) is 1. The molecule has 4 nitrogen and oxygen atoms in total. The minimum Gasteiger partial charge on any atom is -0.381 e. The first-order valence-electron chi connectivity index (χ1n) is 6.66. The highest BCUT2D eigenvalue weighted by atomic mass is 16.5. The fourth-order valence-electron chi connectivity index (χ4n) is 1.64. The number of hydrogen-bond acceptors (Lipinski definition) is 3. The highest BCUT2D eigenvalue weighted by Crippen LogP contribution is 2.01. The summed E-state index contributed by atoms with van der Waals surface area (Å²) >= 11 is 0. The zero-order chi connectivity index (χ0) is 12.3. The molecule has 0 aliphatic carbocycles. The van der Waals surface area contributed by atoms with Crippen molar-refractivity contribution in [2.75, 3.05) is 19.8 Å². The summed E-state index contributed by atoms with van der Waals surface area (Å²) in [4.78, 5) is 4.19. The molecule has 0 fully saturated rings. The SMILES string of the molecule is CCCCOCCCn1cncc1CNCC. The van der Waals surface area contributed by atoms with Gasteiger partial charge in [0.1, 0.15) is 0 Å². The van der Waals surface area contributed by atoms with Gasteiger partial charge in [-0.3, -0.25) is 0 Å². The quantitative estimate of drug-likeness (QED) is 0.636. The summed E-state index contributed by atoms with van der Waals surface area (Å²) < 4.78 is 7.74. The van der Waals surface area contributed by atoms with E-state index in [0.29, 0.717) is 0 Å². The lowest BCUT2D eigenvalue weighted by Crippen LogP contribution is -2.15. The predicted molar refractivity (Wildman–Crippen MR) is 70.0 cm³/mol. The molecule has 1 rings (SSSR count). The fourth-order valence-corrected chi connectivity index (χ4v) is 1.64. The smallest absolute Gasteiger partial charge is 0.0948 e. The molecule has 0 atom stereocenters. The van der Waals surface area contributed by atoms with Gasteiger partial charge >= 0.3 is 0 Å². The van der Waals surface area contributed by atoms with E-state index in [2.05, 4.69) is 28.7 Å². The van der Waals surface area contributed by atoms with Gasteiger partial charge in [-0.15, -0.1) is 0 Å². The van der Waals surface area contributed by atoms with E-state index in [0.717, 1.165) is 45.7 Å². The molecule has 0 aliphatic rings. The average molecular weight is 239 g/mol. The van der Waals surface area contributed by atoms with Crippen molar-refractivity contribution in [3.05, 3.63) is 18.2 Å². The molecular weight excluding hydrogens is 214 g/mol. The van der Waals surface area contributed by atoms with E-state index < -0.39 is 0 Å². The third-order valence-electron chi connectivity index (χ3n) is 2.68. The van der Waals surface area contributed by atoms with Crippen molar-refractivity contribution in [3.8, 4) is 0 Å². The monoisotopic (exact) mass is 239 g/mol. The highest BCUT2D eigenvalue weighted by molar-refractivity contribution is 4.97. The van der Waals surface area contributed by atoms with Crippen LogP contribution < -0.4 is 5.32 Å². The number of aryl methyl sites for hydroxylation is 1. The molecular formula is C13H25N3O. The maximum atomic E-state index is 5.54. The van der Waals surface area contributed by atoms with Crippen LogP contribution in [-0.4, -0.2) is 29.3 Å². The first kappa shape index (κ1) is 14.2. The minimum atomic E-state index is 0.846. The second-order valence-corrected chi connectivity index (χ2v) is 4.18. The van der Waals surface area contributed by atoms with Crippen LogP contribution in [0.2, 0.25) is 0 Å². The molecule has 0 spiro atoms. The lowest BCUT2D eigenvalue weighted by molar-refractivity contribution is 0.126. The first-order chi connectivity index (χ1) is 8.38. The van der Waals surface area contributed by atoms with Gasteiger partial charge in [-0.1, -0.05) is 20.3 Å². The van der Waals surface area contributed by atoms with Crippen LogP contribution in [0.15, 0.2) is 12.5 Å².